The van der Waals surface area contributed by atoms with Crippen molar-refractivity contribution in [3.63, 3.8) is 0 Å². The van der Waals surface area contributed by atoms with Gasteiger partial charge in [0.15, 0.2) is 0 Å². The van der Waals surface area contributed by atoms with E-state index in [4.69, 9.17) is 16.3 Å². The standard InChI is InChI=1S/C15H22BrClO/c1-8(2)10(4)14(17)13-11(5)12(16)7-9(3)15(13)18-6/h7-8,10,14H,1-6H3. The molecule has 0 spiro atoms. The van der Waals surface area contributed by atoms with E-state index in [-0.39, 0.29) is 5.38 Å². The molecule has 18 heavy (non-hydrogen) atoms. The highest BCUT2D eigenvalue weighted by Gasteiger charge is 2.26. The molecule has 0 radical (unpaired) electrons. The van der Waals surface area contributed by atoms with E-state index in [0.717, 1.165) is 21.3 Å². The first-order valence-corrected chi connectivity index (χ1v) is 7.51. The fraction of sp³-hybridized carbons (Fsp3) is 0.600. The zero-order chi connectivity index (χ0) is 14.0. The van der Waals surface area contributed by atoms with Gasteiger partial charge in [-0.1, -0.05) is 36.7 Å². The number of aryl methyl sites for hydroxylation is 1. The van der Waals surface area contributed by atoms with E-state index in [1.54, 1.807) is 7.11 Å². The van der Waals surface area contributed by atoms with Crippen LogP contribution in [0.3, 0.4) is 0 Å². The van der Waals surface area contributed by atoms with Crippen LogP contribution in [0.2, 0.25) is 0 Å². The number of hydrogen-bond acceptors (Lipinski definition) is 1. The van der Waals surface area contributed by atoms with Crippen molar-refractivity contribution in [3.05, 3.63) is 27.2 Å². The first kappa shape index (κ1) is 15.8. The van der Waals surface area contributed by atoms with Crippen LogP contribution in [-0.2, 0) is 0 Å². The van der Waals surface area contributed by atoms with Gasteiger partial charge >= 0.3 is 0 Å². The summed E-state index contributed by atoms with van der Waals surface area (Å²) in [5.41, 5.74) is 3.41. The van der Waals surface area contributed by atoms with Crippen molar-refractivity contribution < 1.29 is 4.74 Å². The molecule has 2 atom stereocenters. The van der Waals surface area contributed by atoms with E-state index in [2.05, 4.69) is 56.6 Å². The first-order valence-electron chi connectivity index (χ1n) is 6.28. The van der Waals surface area contributed by atoms with Crippen LogP contribution in [0.5, 0.6) is 5.75 Å². The Labute approximate surface area is 124 Å². The Morgan fingerprint density at radius 3 is 2.22 bits per heavy atom. The summed E-state index contributed by atoms with van der Waals surface area (Å²) in [7, 11) is 1.71. The number of benzene rings is 1. The molecule has 1 nitrogen and oxygen atoms in total. The van der Waals surface area contributed by atoms with Gasteiger partial charge in [0.2, 0.25) is 0 Å². The molecule has 102 valence electrons. The highest BCUT2D eigenvalue weighted by molar-refractivity contribution is 9.10. The average Bonchev–Trinajstić information content (AvgIpc) is 2.31. The lowest BCUT2D eigenvalue weighted by Crippen LogP contribution is -2.13. The van der Waals surface area contributed by atoms with E-state index in [1.807, 2.05) is 0 Å². The summed E-state index contributed by atoms with van der Waals surface area (Å²) in [5.74, 6) is 1.85. The van der Waals surface area contributed by atoms with Crippen LogP contribution in [-0.4, -0.2) is 7.11 Å². The van der Waals surface area contributed by atoms with Crippen LogP contribution in [0.25, 0.3) is 0 Å². The second-order valence-corrected chi connectivity index (χ2v) is 6.58. The maximum Gasteiger partial charge on any atom is 0.126 e. The number of ether oxygens (including phenoxy) is 1. The molecule has 0 aliphatic carbocycles. The Morgan fingerprint density at radius 1 is 1.22 bits per heavy atom. The summed E-state index contributed by atoms with van der Waals surface area (Å²) < 4.78 is 6.65. The lowest BCUT2D eigenvalue weighted by Gasteiger charge is -2.26. The third-order valence-corrected chi connectivity index (χ3v) is 5.14. The van der Waals surface area contributed by atoms with Gasteiger partial charge in [-0.25, -0.2) is 0 Å². The highest BCUT2D eigenvalue weighted by Crippen LogP contribution is 2.43. The van der Waals surface area contributed by atoms with Crippen molar-refractivity contribution in [2.75, 3.05) is 7.11 Å². The fourth-order valence-corrected chi connectivity index (χ4v) is 3.19. The summed E-state index contributed by atoms with van der Waals surface area (Å²) in [6, 6.07) is 2.08. The van der Waals surface area contributed by atoms with Gasteiger partial charge in [0.05, 0.1) is 12.5 Å². The second kappa shape index (κ2) is 6.29. The molecule has 1 rings (SSSR count). The van der Waals surface area contributed by atoms with Crippen molar-refractivity contribution in [2.24, 2.45) is 11.8 Å². The zero-order valence-electron chi connectivity index (χ0n) is 12.0. The van der Waals surface area contributed by atoms with Gasteiger partial charge in [-0.2, -0.15) is 0 Å². The van der Waals surface area contributed by atoms with E-state index in [0.29, 0.717) is 11.8 Å². The molecule has 1 aromatic carbocycles. The molecule has 2 unspecified atom stereocenters. The summed E-state index contributed by atoms with van der Waals surface area (Å²) in [6.07, 6.45) is 0. The number of hydrogen-bond donors (Lipinski definition) is 0. The SMILES string of the molecule is COc1c(C)cc(Br)c(C)c1C(Cl)C(C)C(C)C. The Balaban J connectivity index is 3.38. The number of halogens is 2. The summed E-state index contributed by atoms with van der Waals surface area (Å²) in [4.78, 5) is 0. The minimum atomic E-state index is -0.0313. The van der Waals surface area contributed by atoms with Gasteiger partial charge in [0.1, 0.15) is 5.75 Å². The van der Waals surface area contributed by atoms with Gasteiger partial charge in [0, 0.05) is 10.0 Å². The number of methoxy groups -OCH3 is 1. The zero-order valence-corrected chi connectivity index (χ0v) is 14.3. The molecule has 0 aliphatic rings. The van der Waals surface area contributed by atoms with Crippen LogP contribution in [0.1, 0.15) is 42.8 Å². The van der Waals surface area contributed by atoms with Crippen LogP contribution < -0.4 is 4.74 Å². The smallest absolute Gasteiger partial charge is 0.126 e. The third-order valence-electron chi connectivity index (χ3n) is 3.70. The van der Waals surface area contributed by atoms with Gasteiger partial charge in [-0.15, -0.1) is 11.6 Å². The van der Waals surface area contributed by atoms with Crippen LogP contribution in [0.15, 0.2) is 10.5 Å². The quantitative estimate of drug-likeness (QED) is 0.647. The molecule has 1 aromatic rings. The lowest BCUT2D eigenvalue weighted by molar-refractivity contribution is 0.377. The highest BCUT2D eigenvalue weighted by atomic mass is 79.9. The molecular formula is C15H22BrClO. The predicted molar refractivity (Wildman–Crippen MR) is 82.8 cm³/mol. The Morgan fingerprint density at radius 2 is 1.78 bits per heavy atom. The molecule has 0 aromatic heterocycles. The number of rotatable bonds is 4. The normalized spacial score (nSPS) is 14.7. The van der Waals surface area contributed by atoms with E-state index < -0.39 is 0 Å². The predicted octanol–water partition coefficient (Wildman–Crippen LogP) is 5.65. The first-order chi connectivity index (χ1) is 8.31. The average molecular weight is 334 g/mol. The largest absolute Gasteiger partial charge is 0.496 e. The second-order valence-electron chi connectivity index (χ2n) is 5.25. The molecule has 0 bridgehead atoms. The van der Waals surface area contributed by atoms with Gasteiger partial charge in [-0.05, 0) is 42.9 Å². The van der Waals surface area contributed by atoms with Crippen molar-refractivity contribution in [1.82, 2.24) is 0 Å². The maximum absolute atomic E-state index is 6.68. The molecule has 0 heterocycles. The van der Waals surface area contributed by atoms with Crippen molar-refractivity contribution >= 4 is 27.5 Å². The molecule has 0 amide bonds. The summed E-state index contributed by atoms with van der Waals surface area (Å²) in [6.45, 7) is 10.7. The molecule has 0 aliphatic heterocycles. The van der Waals surface area contributed by atoms with Crippen LogP contribution in [0.4, 0.5) is 0 Å². The van der Waals surface area contributed by atoms with E-state index in [9.17, 15) is 0 Å². The van der Waals surface area contributed by atoms with Crippen LogP contribution >= 0.6 is 27.5 Å². The monoisotopic (exact) mass is 332 g/mol. The van der Waals surface area contributed by atoms with Crippen molar-refractivity contribution in [1.29, 1.82) is 0 Å². The van der Waals surface area contributed by atoms with Crippen molar-refractivity contribution in [2.45, 2.75) is 40.0 Å². The van der Waals surface area contributed by atoms with Crippen LogP contribution in [0, 0.1) is 25.7 Å². The summed E-state index contributed by atoms with van der Waals surface area (Å²) in [5, 5.41) is -0.0313. The fourth-order valence-electron chi connectivity index (χ4n) is 2.08. The molecule has 0 saturated carbocycles. The van der Waals surface area contributed by atoms with E-state index in [1.165, 1.54) is 5.56 Å². The Bertz CT molecular complexity index is 429. The minimum absolute atomic E-state index is 0.0313. The molecule has 0 saturated heterocycles. The molecule has 3 heteroatoms. The number of alkyl halides is 1. The Kier molecular flexibility index (Phi) is 5.54. The lowest BCUT2D eigenvalue weighted by atomic mass is 9.87. The third kappa shape index (κ3) is 3.03. The van der Waals surface area contributed by atoms with E-state index >= 15 is 0 Å². The van der Waals surface area contributed by atoms with Gasteiger partial charge in [-0.3, -0.25) is 0 Å². The van der Waals surface area contributed by atoms with Gasteiger partial charge in [0.25, 0.3) is 0 Å². The molecule has 0 N–H and O–H groups in total. The van der Waals surface area contributed by atoms with Gasteiger partial charge < -0.3 is 4.74 Å². The summed E-state index contributed by atoms with van der Waals surface area (Å²) >= 11 is 10.3. The molecule has 0 fully saturated rings. The Hall–Kier alpha value is -0.210. The van der Waals surface area contributed by atoms with Crippen molar-refractivity contribution in [3.8, 4) is 5.75 Å². The minimum Gasteiger partial charge on any atom is -0.496 e. The topological polar surface area (TPSA) is 9.23 Å². The maximum atomic E-state index is 6.68. The molecular weight excluding hydrogens is 312 g/mol.